The molecule has 1 aliphatic rings. The van der Waals surface area contributed by atoms with Crippen LogP contribution in [0.2, 0.25) is 0 Å². The van der Waals surface area contributed by atoms with E-state index < -0.39 is 62.0 Å². The third-order valence-electron chi connectivity index (χ3n) is 11.2. The van der Waals surface area contributed by atoms with Gasteiger partial charge in [-0.05, 0) is 57.2 Å². The summed E-state index contributed by atoms with van der Waals surface area (Å²) in [5.41, 5.74) is 0.643. The molecule has 0 saturated carbocycles. The lowest BCUT2D eigenvalue weighted by molar-refractivity contribution is -0.148. The molecule has 320 valence electrons. The summed E-state index contributed by atoms with van der Waals surface area (Å²) < 4.78 is 29.8. The highest BCUT2D eigenvalue weighted by Gasteiger charge is 2.43. The van der Waals surface area contributed by atoms with Crippen LogP contribution in [0.3, 0.4) is 0 Å². The predicted octanol–water partition coefficient (Wildman–Crippen LogP) is 4.71. The van der Waals surface area contributed by atoms with Crippen molar-refractivity contribution in [2.45, 2.75) is 130 Å². The van der Waals surface area contributed by atoms with E-state index in [0.717, 1.165) is 19.5 Å². The Kier molecular flexibility index (Phi) is 19.6. The van der Waals surface area contributed by atoms with Gasteiger partial charge in [0.1, 0.15) is 12.1 Å². The molecule has 1 aromatic rings. The highest BCUT2D eigenvalue weighted by Crippen LogP contribution is 2.44. The summed E-state index contributed by atoms with van der Waals surface area (Å²) in [4.78, 5) is 71.0. The number of hydrogen-bond acceptors (Lipinski definition) is 9. The molecule has 0 spiro atoms. The number of ether oxygens (including phenoxy) is 2. The van der Waals surface area contributed by atoms with E-state index >= 15 is 0 Å². The Hall–Kier alpha value is -2.87. The van der Waals surface area contributed by atoms with Crippen LogP contribution in [-0.2, 0) is 37.7 Å². The molecule has 1 saturated heterocycles. The average molecular weight is 810 g/mol. The number of benzene rings is 1. The maximum atomic E-state index is 14.3. The van der Waals surface area contributed by atoms with E-state index in [1.165, 1.54) is 7.11 Å². The SMILES string of the molecule is CC[C@H](C)[C@@H]([C@@H](CC(=O)N1CCC[C@H]1[C@H](OC)[C@@H](C)C(=O)N[C@H](C)[C@@H](OP(C)(=O)O)c1ccccc1)OC)N(C)C(=O)[C@@H](NC(=O)[C@H](C(C)C)N(C)C)C(C)C. The van der Waals surface area contributed by atoms with Gasteiger partial charge in [0.2, 0.25) is 23.6 Å². The molecule has 1 fully saturated rings. The molecule has 1 heterocycles. The van der Waals surface area contributed by atoms with Gasteiger partial charge in [-0.15, -0.1) is 0 Å². The molecule has 15 heteroatoms. The number of likely N-dealkylation sites (N-methyl/N-ethyl adjacent to an activating group) is 2. The van der Waals surface area contributed by atoms with Crippen LogP contribution in [0.5, 0.6) is 0 Å². The third-order valence-corrected chi connectivity index (χ3v) is 11.8. The second kappa shape index (κ2) is 22.3. The van der Waals surface area contributed by atoms with E-state index in [-0.39, 0.29) is 47.8 Å². The van der Waals surface area contributed by atoms with Crippen molar-refractivity contribution in [2.24, 2.45) is 23.7 Å². The molecule has 56 heavy (non-hydrogen) atoms. The van der Waals surface area contributed by atoms with Gasteiger partial charge >= 0.3 is 7.60 Å². The summed E-state index contributed by atoms with van der Waals surface area (Å²) in [6.45, 7) is 16.9. The molecule has 1 aromatic carbocycles. The quantitative estimate of drug-likeness (QED) is 0.140. The number of nitrogens with zero attached hydrogens (tertiary/aromatic N) is 3. The molecule has 1 aliphatic heterocycles. The summed E-state index contributed by atoms with van der Waals surface area (Å²) in [6, 6.07) is 6.22. The first-order valence-electron chi connectivity index (χ1n) is 20.0. The lowest BCUT2D eigenvalue weighted by Gasteiger charge is -2.41. The van der Waals surface area contributed by atoms with Gasteiger partial charge in [0.15, 0.2) is 0 Å². The van der Waals surface area contributed by atoms with Crippen molar-refractivity contribution in [3.8, 4) is 0 Å². The summed E-state index contributed by atoms with van der Waals surface area (Å²) in [5, 5.41) is 5.99. The first-order chi connectivity index (χ1) is 26.1. The summed E-state index contributed by atoms with van der Waals surface area (Å²) in [7, 11) is 4.58. The van der Waals surface area contributed by atoms with Gasteiger partial charge in [-0.25, -0.2) is 0 Å². The van der Waals surface area contributed by atoms with Crippen LogP contribution in [0.1, 0.15) is 92.7 Å². The van der Waals surface area contributed by atoms with Crippen LogP contribution < -0.4 is 10.6 Å². The second-order valence-corrected chi connectivity index (χ2v) is 18.3. The lowest BCUT2D eigenvalue weighted by atomic mass is 9.89. The van der Waals surface area contributed by atoms with Crippen LogP contribution >= 0.6 is 7.60 Å². The van der Waals surface area contributed by atoms with Gasteiger partial charge in [-0.2, -0.15) is 0 Å². The number of rotatable bonds is 22. The Morgan fingerprint density at radius 2 is 1.54 bits per heavy atom. The molecule has 0 radical (unpaired) electrons. The summed E-state index contributed by atoms with van der Waals surface area (Å²) >= 11 is 0. The zero-order chi connectivity index (χ0) is 42.7. The molecule has 2 rings (SSSR count). The van der Waals surface area contributed by atoms with Crippen molar-refractivity contribution in [1.82, 2.24) is 25.3 Å². The number of nitrogens with one attached hydrogen (secondary N) is 2. The van der Waals surface area contributed by atoms with Crippen molar-refractivity contribution in [2.75, 3.05) is 48.6 Å². The Labute approximate surface area is 336 Å². The van der Waals surface area contributed by atoms with E-state index in [9.17, 15) is 28.6 Å². The zero-order valence-electron chi connectivity index (χ0n) is 36.4. The molecule has 14 nitrogen and oxygen atoms in total. The highest BCUT2D eigenvalue weighted by atomic mass is 31.2. The van der Waals surface area contributed by atoms with E-state index in [4.69, 9.17) is 14.0 Å². The van der Waals surface area contributed by atoms with Gasteiger partial charge < -0.3 is 34.8 Å². The lowest BCUT2D eigenvalue weighted by Crippen LogP contribution is -2.59. The highest BCUT2D eigenvalue weighted by molar-refractivity contribution is 7.51. The Morgan fingerprint density at radius 1 is 0.929 bits per heavy atom. The van der Waals surface area contributed by atoms with Crippen LogP contribution in [0.15, 0.2) is 30.3 Å². The maximum Gasteiger partial charge on any atom is 0.325 e. The van der Waals surface area contributed by atoms with Crippen LogP contribution in [0.25, 0.3) is 0 Å². The van der Waals surface area contributed by atoms with Gasteiger partial charge in [-0.3, -0.25) is 33.2 Å². The minimum Gasteiger partial charge on any atom is -0.379 e. The molecular formula is C41H72N5O9P. The molecule has 3 N–H and O–H groups in total. The molecule has 0 aromatic heterocycles. The van der Waals surface area contributed by atoms with Gasteiger partial charge in [0, 0.05) is 34.5 Å². The first kappa shape index (κ1) is 49.3. The topological polar surface area (TPSA) is 167 Å². The summed E-state index contributed by atoms with van der Waals surface area (Å²) in [5.74, 6) is -1.87. The predicted molar refractivity (Wildman–Crippen MR) is 219 cm³/mol. The Balaban J connectivity index is 2.30. The fourth-order valence-corrected chi connectivity index (χ4v) is 8.86. The first-order valence-corrected chi connectivity index (χ1v) is 22.1. The van der Waals surface area contributed by atoms with Crippen molar-refractivity contribution in [1.29, 1.82) is 0 Å². The van der Waals surface area contributed by atoms with Crippen molar-refractivity contribution < 1.29 is 42.6 Å². The van der Waals surface area contributed by atoms with Gasteiger partial charge in [0.25, 0.3) is 0 Å². The molecular weight excluding hydrogens is 737 g/mol. The van der Waals surface area contributed by atoms with Crippen LogP contribution in [0.4, 0.5) is 0 Å². The smallest absolute Gasteiger partial charge is 0.325 e. The molecule has 11 atom stereocenters. The van der Waals surface area contributed by atoms with E-state index in [1.54, 1.807) is 62.1 Å². The van der Waals surface area contributed by atoms with Crippen LogP contribution in [-0.4, -0.2) is 134 Å². The molecule has 0 aliphatic carbocycles. The monoisotopic (exact) mass is 810 g/mol. The van der Waals surface area contributed by atoms with Gasteiger partial charge in [0.05, 0.1) is 48.7 Å². The standard InChI is InChI=1S/C41H72N5O9P/c1-15-27(6)36(45(11)41(50)34(25(2)3)43-40(49)35(26(4)5)44(9)10)32(53-12)24-33(47)46-23-19-22-31(46)37(54-13)28(7)39(48)42-29(8)38(55-56(14,51)52)30-20-17-16-18-21-30/h16-18,20-21,25-29,31-32,34-38H,15,19,22-24H2,1-14H3,(H,42,48)(H,43,49)(H,51,52)/t27-,28+,29+,31-,32+,34-,35-,36-,37+,38+/m0/s1. The summed E-state index contributed by atoms with van der Waals surface area (Å²) in [6.07, 6.45) is -0.118. The van der Waals surface area contributed by atoms with Gasteiger partial charge in [-0.1, -0.05) is 85.2 Å². The third kappa shape index (κ3) is 13.3. The number of carbonyl (C=O) groups is 4. The van der Waals surface area contributed by atoms with E-state index in [0.29, 0.717) is 18.5 Å². The maximum absolute atomic E-state index is 14.3. The Bertz CT molecular complexity index is 1450. The van der Waals surface area contributed by atoms with Crippen molar-refractivity contribution in [3.63, 3.8) is 0 Å². The molecule has 1 unspecified atom stereocenters. The number of carbonyl (C=O) groups excluding carboxylic acids is 4. The second-order valence-electron chi connectivity index (χ2n) is 16.5. The number of hydrogen-bond donors (Lipinski definition) is 3. The number of likely N-dealkylation sites (tertiary alicyclic amines) is 1. The van der Waals surface area contributed by atoms with Crippen LogP contribution in [0, 0.1) is 23.7 Å². The fourth-order valence-electron chi connectivity index (χ4n) is 8.14. The molecule has 0 bridgehead atoms. The minimum atomic E-state index is -3.91. The fraction of sp³-hybridized carbons (Fsp3) is 0.756. The van der Waals surface area contributed by atoms with Crippen molar-refractivity contribution >= 4 is 31.2 Å². The van der Waals surface area contributed by atoms with Crippen molar-refractivity contribution in [3.05, 3.63) is 35.9 Å². The minimum absolute atomic E-state index is 0.00322. The molecule has 4 amide bonds. The van der Waals surface area contributed by atoms with E-state index in [2.05, 4.69) is 10.6 Å². The Morgan fingerprint density at radius 3 is 2.02 bits per heavy atom. The number of methoxy groups -OCH3 is 2. The average Bonchev–Trinajstić information content (AvgIpc) is 3.61. The van der Waals surface area contributed by atoms with E-state index in [1.807, 2.05) is 66.6 Å². The normalized spacial score (nSPS) is 20.7. The zero-order valence-corrected chi connectivity index (χ0v) is 37.2. The number of amides is 4. The largest absolute Gasteiger partial charge is 0.379 e.